The Kier molecular flexibility index (Phi) is 17.7. The van der Waals surface area contributed by atoms with Crippen molar-refractivity contribution >= 4 is 0 Å². The van der Waals surface area contributed by atoms with Gasteiger partial charge in [-0.25, -0.2) is 0 Å². The third-order valence-corrected chi connectivity index (χ3v) is 15.2. The van der Waals surface area contributed by atoms with Gasteiger partial charge < -0.3 is 163 Å². The molecule has 17 N–H and O–H groups in total. The van der Waals surface area contributed by atoms with Crippen molar-refractivity contribution in [1.82, 2.24) is 0 Å². The van der Waals surface area contributed by atoms with Gasteiger partial charge in [-0.15, -0.1) is 0 Å². The molecule has 432 valence electrons. The lowest BCUT2D eigenvalue weighted by molar-refractivity contribution is -0.387. The van der Waals surface area contributed by atoms with Crippen molar-refractivity contribution in [2.24, 2.45) is 0 Å². The second-order valence-corrected chi connectivity index (χ2v) is 19.8. The molecule has 33 nitrogen and oxygen atoms in total. The number of hydrogen-bond acceptors (Lipinski definition) is 33. The van der Waals surface area contributed by atoms with Crippen LogP contribution in [-0.2, 0) is 75.8 Å². The van der Waals surface area contributed by atoms with Crippen LogP contribution in [-0.4, -0.2) is 348 Å². The van der Waals surface area contributed by atoms with E-state index in [1.54, 1.807) is 0 Å². The number of rotatable bonds is 7. The molecule has 21 aliphatic rings. The first-order chi connectivity index (χ1) is 36.0. The zero-order valence-corrected chi connectivity index (χ0v) is 39.3. The summed E-state index contributed by atoms with van der Waals surface area (Å²) >= 11 is 0. The Labute approximate surface area is 423 Å². The molecular formula is C42H66O33. The van der Waals surface area contributed by atoms with Gasteiger partial charge in [0.2, 0.25) is 0 Å². The van der Waals surface area contributed by atoms with Gasteiger partial charge in [-0.2, -0.15) is 0 Å². The van der Waals surface area contributed by atoms with E-state index >= 15 is 0 Å². The quantitative estimate of drug-likeness (QED) is 0.105. The van der Waals surface area contributed by atoms with Gasteiger partial charge >= 0.3 is 0 Å². The van der Waals surface area contributed by atoms with Crippen LogP contribution in [0.5, 0.6) is 0 Å². The van der Waals surface area contributed by atoms with Crippen molar-refractivity contribution in [3.8, 4) is 0 Å². The molecule has 0 spiro atoms. The van der Waals surface area contributed by atoms with Crippen molar-refractivity contribution in [2.45, 2.75) is 215 Å². The standard InChI is InChI=1S/C42H66O33/c43-1-8-25-15(50)20(55)36(60-8)70-26-9(2-44)63-39(23(58)16(26)51)74-30-13(6-48)66-42(35-32(30)67-35)73-29-12(5-47)62-38(22(57)19(29)54)71-27-10(3-45)64-40(24(59)17(27)52)75-31-14(7-49)65-41(34-33(31)68-34)72-28-11(4-46)61-37(69-25)21(56)18(28)53/h8-59H,1-7H2/t8-,9-,10+,11-,12+,13+,14-,15+,16-,17-,18-,19-,20-,21-,22-,23-,24-,25-,26-,27-,28-,29-,30-,31-,32-,33+,34+,35-,36-,37-,38-,39-,40-,41-,42-/m1/s1. The first-order valence-electron chi connectivity index (χ1n) is 24.5. The molecule has 0 radical (unpaired) electrons. The fourth-order valence-corrected chi connectivity index (χ4v) is 10.9. The summed E-state index contributed by atoms with van der Waals surface area (Å²) in [7, 11) is 0. The van der Waals surface area contributed by atoms with E-state index in [-0.39, 0.29) is 0 Å². The largest absolute Gasteiger partial charge is 0.394 e. The van der Waals surface area contributed by atoms with Crippen LogP contribution in [0.25, 0.3) is 0 Å². The molecule has 35 atom stereocenters. The van der Waals surface area contributed by atoms with E-state index in [9.17, 15) is 86.8 Å². The van der Waals surface area contributed by atoms with Crippen LogP contribution in [0, 0.1) is 0 Å². The summed E-state index contributed by atoms with van der Waals surface area (Å²) in [5.74, 6) is 0. The third kappa shape index (κ3) is 10.6. The number of epoxide rings is 2. The van der Waals surface area contributed by atoms with Gasteiger partial charge in [-0.05, 0) is 0 Å². The van der Waals surface area contributed by atoms with Crippen LogP contribution in [0.1, 0.15) is 0 Å². The number of aliphatic hydroxyl groups excluding tert-OH is 17. The summed E-state index contributed by atoms with van der Waals surface area (Å²) in [5, 5.41) is 186. The summed E-state index contributed by atoms with van der Waals surface area (Å²) in [6.45, 7) is -6.20. The van der Waals surface area contributed by atoms with Crippen molar-refractivity contribution in [2.75, 3.05) is 46.2 Å². The third-order valence-electron chi connectivity index (χ3n) is 15.2. The van der Waals surface area contributed by atoms with Crippen LogP contribution in [0.4, 0.5) is 0 Å². The molecule has 0 aromatic carbocycles. The molecule has 75 heavy (non-hydrogen) atoms. The fourth-order valence-electron chi connectivity index (χ4n) is 10.9. The van der Waals surface area contributed by atoms with E-state index in [0.717, 1.165) is 0 Å². The van der Waals surface area contributed by atoms with Crippen LogP contribution >= 0.6 is 0 Å². The summed E-state index contributed by atoms with van der Waals surface area (Å²) in [5.41, 5.74) is 0. The molecule has 21 aliphatic heterocycles. The highest BCUT2D eigenvalue weighted by Gasteiger charge is 2.65. The molecule has 33 heteroatoms. The molecule has 21 heterocycles. The van der Waals surface area contributed by atoms with Gasteiger partial charge in [0, 0.05) is 0 Å². The predicted octanol–water partition coefficient (Wildman–Crippen LogP) is -13.1. The topological polar surface area (TPSA) is 498 Å². The van der Waals surface area contributed by atoms with E-state index in [0.29, 0.717) is 0 Å². The molecule has 21 saturated heterocycles. The Bertz CT molecular complexity index is 1860. The van der Waals surface area contributed by atoms with Gasteiger partial charge in [0.15, 0.2) is 44.0 Å². The Morgan fingerprint density at radius 3 is 0.547 bits per heavy atom. The second kappa shape index (κ2) is 23.3. The van der Waals surface area contributed by atoms with Gasteiger partial charge in [0.25, 0.3) is 0 Å². The van der Waals surface area contributed by atoms with E-state index in [2.05, 4.69) is 0 Å². The number of hydrogen-bond donors (Lipinski definition) is 17. The minimum Gasteiger partial charge on any atom is -0.394 e. The Balaban J connectivity index is 0.908. The minimum absolute atomic E-state index is 0.799. The fraction of sp³-hybridized carbons (Fsp3) is 1.00. The van der Waals surface area contributed by atoms with Gasteiger partial charge in [0.05, 0.1) is 46.2 Å². The highest BCUT2D eigenvalue weighted by Crippen LogP contribution is 2.45. The molecule has 0 saturated carbocycles. The highest BCUT2D eigenvalue weighted by molar-refractivity contribution is 5.06. The van der Waals surface area contributed by atoms with E-state index in [1.807, 2.05) is 0 Å². The SMILES string of the molecule is OC[C@@H]1O[C@@H]2O[C@H]3[C@@H]4O[C@@H]4[C@@H](O[C@H]4[C@H](O)[C@@H](O)[C@@H](O[C@H]5[C@@H](O)[C@@H](O)[C@@H](O[C@H]6[C@H](O)[C@@H](O)[C@@H](O[C@H]7[C@H]8O[C@H]8[C@@H](O[C@H]8[C@H](O)[C@@H](O)[C@@H](O[C@H]1[C@H](O)[C@H]2O)O[C@H]8CO)O[C@H]7CO)O[C@@H]6CO)O[C@@H]5CO)O[C@@H]4CO)O[C@@H]3CO. The summed E-state index contributed by atoms with van der Waals surface area (Å²) in [6.07, 6.45) is -58.2. The smallest absolute Gasteiger partial charge is 0.187 e. The molecule has 0 unspecified atom stereocenters. The van der Waals surface area contributed by atoms with Gasteiger partial charge in [-0.1, -0.05) is 0 Å². The number of ether oxygens (including phenoxy) is 16. The number of fused-ring (bicyclic) bond motifs is 2. The Hall–Kier alpha value is -1.32. The van der Waals surface area contributed by atoms with Crippen LogP contribution in [0.3, 0.4) is 0 Å². The lowest BCUT2D eigenvalue weighted by Gasteiger charge is -2.49. The van der Waals surface area contributed by atoms with Crippen molar-refractivity contribution in [1.29, 1.82) is 0 Å². The summed E-state index contributed by atoms with van der Waals surface area (Å²) in [4.78, 5) is 0. The summed E-state index contributed by atoms with van der Waals surface area (Å²) < 4.78 is 93.5. The van der Waals surface area contributed by atoms with Crippen molar-refractivity contribution < 1.29 is 163 Å². The molecule has 14 bridgehead atoms. The Morgan fingerprint density at radius 1 is 0.160 bits per heavy atom. The van der Waals surface area contributed by atoms with E-state index < -0.39 is 261 Å². The van der Waals surface area contributed by atoms with Gasteiger partial charge in [0.1, 0.15) is 171 Å². The Morgan fingerprint density at radius 2 is 0.333 bits per heavy atom. The van der Waals surface area contributed by atoms with Crippen LogP contribution in [0.2, 0.25) is 0 Å². The van der Waals surface area contributed by atoms with Crippen molar-refractivity contribution in [3.63, 3.8) is 0 Å². The summed E-state index contributed by atoms with van der Waals surface area (Å²) in [6, 6.07) is 0. The molecule has 0 aromatic heterocycles. The zero-order chi connectivity index (χ0) is 53.5. The molecule has 0 amide bonds. The average Bonchev–Trinajstić information content (AvgIpc) is 4.36. The molecule has 21 rings (SSSR count). The maximum Gasteiger partial charge on any atom is 0.187 e. The minimum atomic E-state index is -2.11. The van der Waals surface area contributed by atoms with E-state index in [1.165, 1.54) is 0 Å². The van der Waals surface area contributed by atoms with Gasteiger partial charge in [-0.3, -0.25) is 0 Å². The molecule has 21 fully saturated rings. The average molecular weight is 1100 g/mol. The maximum atomic E-state index is 11.4. The molecule has 0 aromatic rings. The van der Waals surface area contributed by atoms with E-state index in [4.69, 9.17) is 75.8 Å². The highest BCUT2D eigenvalue weighted by atomic mass is 16.8. The molecule has 0 aliphatic carbocycles. The monoisotopic (exact) mass is 1100 g/mol. The lowest BCUT2D eigenvalue weighted by Crippen LogP contribution is -2.67. The predicted molar refractivity (Wildman–Crippen MR) is 222 cm³/mol. The second-order valence-electron chi connectivity index (χ2n) is 19.8. The van der Waals surface area contributed by atoms with Crippen LogP contribution in [0.15, 0.2) is 0 Å². The number of aliphatic hydroxyl groups is 17. The first kappa shape index (κ1) is 56.9. The molecular weight excluding hydrogens is 1030 g/mol. The maximum absolute atomic E-state index is 11.4. The van der Waals surface area contributed by atoms with Crippen LogP contribution < -0.4 is 0 Å². The van der Waals surface area contributed by atoms with Crippen molar-refractivity contribution in [3.05, 3.63) is 0 Å². The zero-order valence-electron chi connectivity index (χ0n) is 39.3. The first-order valence-corrected chi connectivity index (χ1v) is 24.5. The lowest BCUT2D eigenvalue weighted by atomic mass is 9.95. The normalized spacial score (nSPS) is 57.3.